The second-order valence-electron chi connectivity index (χ2n) is 6.91. The van der Waals surface area contributed by atoms with Gasteiger partial charge in [-0.3, -0.25) is 0 Å². The number of rotatable bonds is 9. The van der Waals surface area contributed by atoms with Gasteiger partial charge in [0.05, 0.1) is 14.2 Å². The summed E-state index contributed by atoms with van der Waals surface area (Å²) >= 11 is 1.48. The fourth-order valence-corrected chi connectivity index (χ4v) is 3.77. The molecule has 0 saturated heterocycles. The van der Waals surface area contributed by atoms with Crippen molar-refractivity contribution in [3.63, 3.8) is 0 Å². The molecule has 1 heterocycles. The maximum atomic E-state index is 12.7. The smallest absolute Gasteiger partial charge is 0.344 e. The molecule has 31 heavy (non-hydrogen) atoms. The second-order valence-corrected chi connectivity index (χ2v) is 7.88. The van der Waals surface area contributed by atoms with Crippen molar-refractivity contribution in [2.45, 2.75) is 17.3 Å². The molecule has 7 nitrogen and oxygen atoms in total. The molecule has 2 aromatic carbocycles. The summed E-state index contributed by atoms with van der Waals surface area (Å²) in [6.07, 6.45) is 0. The van der Waals surface area contributed by atoms with Gasteiger partial charge in [-0.15, -0.1) is 11.8 Å². The minimum absolute atomic E-state index is 0.336. The molecule has 3 rings (SSSR count). The number of ether oxygens (including phenoxy) is 2. The van der Waals surface area contributed by atoms with E-state index in [0.29, 0.717) is 34.7 Å². The molecule has 3 aromatic rings. The Hall–Kier alpha value is -3.26. The molecule has 0 fully saturated rings. The predicted molar refractivity (Wildman–Crippen MR) is 124 cm³/mol. The van der Waals surface area contributed by atoms with Gasteiger partial charge in [0.2, 0.25) is 5.95 Å². The summed E-state index contributed by atoms with van der Waals surface area (Å²) in [4.78, 5) is 23.7. The number of anilines is 2. The van der Waals surface area contributed by atoms with E-state index in [1.54, 1.807) is 7.11 Å². The number of thioether (sulfide) groups is 1. The highest BCUT2D eigenvalue weighted by Gasteiger charge is 2.23. The first-order valence-electron chi connectivity index (χ1n) is 9.73. The topological polar surface area (TPSA) is 76.6 Å². The number of methoxy groups -OCH3 is 2. The van der Waals surface area contributed by atoms with Crippen LogP contribution in [0.4, 0.5) is 11.8 Å². The van der Waals surface area contributed by atoms with Crippen molar-refractivity contribution < 1.29 is 14.3 Å². The zero-order chi connectivity index (χ0) is 22.2. The van der Waals surface area contributed by atoms with Crippen LogP contribution in [0.15, 0.2) is 59.6 Å². The average molecular weight is 439 g/mol. The highest BCUT2D eigenvalue weighted by Crippen LogP contribution is 2.31. The van der Waals surface area contributed by atoms with Gasteiger partial charge in [-0.1, -0.05) is 42.5 Å². The van der Waals surface area contributed by atoms with Gasteiger partial charge in [0.1, 0.15) is 22.2 Å². The van der Waals surface area contributed by atoms with Crippen LogP contribution >= 0.6 is 11.8 Å². The summed E-state index contributed by atoms with van der Waals surface area (Å²) in [6, 6.07) is 17.8. The maximum Gasteiger partial charge on any atom is 0.344 e. The summed E-state index contributed by atoms with van der Waals surface area (Å²) in [6.45, 7) is 0.487. The first-order valence-corrected chi connectivity index (χ1v) is 10.7. The second kappa shape index (κ2) is 10.7. The standard InChI is InChI=1S/C23H26N4O3S/c1-27(2)23-25-20(24-14-16-10-12-18(29-3)13-11-16)19(22(28)30-4)21(26-23)31-15-17-8-6-5-7-9-17/h5-13H,14-15H2,1-4H3,(H,24,25,26). The summed E-state index contributed by atoms with van der Waals surface area (Å²) < 4.78 is 10.3. The molecule has 1 aromatic heterocycles. The van der Waals surface area contributed by atoms with Gasteiger partial charge in [-0.2, -0.15) is 4.98 Å². The Morgan fingerprint density at radius 3 is 2.32 bits per heavy atom. The Morgan fingerprint density at radius 1 is 1.00 bits per heavy atom. The molecule has 0 aliphatic carbocycles. The Kier molecular flexibility index (Phi) is 7.72. The average Bonchev–Trinajstić information content (AvgIpc) is 2.81. The highest BCUT2D eigenvalue weighted by molar-refractivity contribution is 7.98. The molecule has 0 aliphatic rings. The zero-order valence-corrected chi connectivity index (χ0v) is 18.9. The lowest BCUT2D eigenvalue weighted by molar-refractivity contribution is 0.0596. The van der Waals surface area contributed by atoms with Gasteiger partial charge in [-0.05, 0) is 23.3 Å². The van der Waals surface area contributed by atoms with Crippen molar-refractivity contribution in [1.29, 1.82) is 0 Å². The van der Waals surface area contributed by atoms with Crippen LogP contribution in [0.5, 0.6) is 5.75 Å². The quantitative estimate of drug-likeness (QED) is 0.302. The maximum absolute atomic E-state index is 12.7. The summed E-state index contributed by atoms with van der Waals surface area (Å²) in [5.74, 6) is 1.94. The number of hydrogen-bond acceptors (Lipinski definition) is 8. The number of benzene rings is 2. The van der Waals surface area contributed by atoms with Crippen LogP contribution < -0.4 is 15.0 Å². The molecule has 0 amide bonds. The Balaban J connectivity index is 1.92. The number of hydrogen-bond donors (Lipinski definition) is 1. The fourth-order valence-electron chi connectivity index (χ4n) is 2.80. The summed E-state index contributed by atoms with van der Waals surface area (Å²) in [7, 11) is 6.73. The van der Waals surface area contributed by atoms with Crippen LogP contribution in [0.2, 0.25) is 0 Å². The van der Waals surface area contributed by atoms with E-state index in [-0.39, 0.29) is 0 Å². The normalized spacial score (nSPS) is 10.5. The molecule has 0 bridgehead atoms. The number of esters is 1. The van der Waals surface area contributed by atoms with E-state index < -0.39 is 5.97 Å². The lowest BCUT2D eigenvalue weighted by atomic mass is 10.2. The number of aromatic nitrogens is 2. The van der Waals surface area contributed by atoms with Gasteiger partial charge >= 0.3 is 5.97 Å². The van der Waals surface area contributed by atoms with Crippen LogP contribution in [0, 0.1) is 0 Å². The lowest BCUT2D eigenvalue weighted by Crippen LogP contribution is -2.18. The number of nitrogens with one attached hydrogen (secondary N) is 1. The lowest BCUT2D eigenvalue weighted by Gasteiger charge is -2.18. The van der Waals surface area contributed by atoms with Crippen molar-refractivity contribution in [3.8, 4) is 5.75 Å². The monoisotopic (exact) mass is 438 g/mol. The third kappa shape index (κ3) is 5.88. The Morgan fingerprint density at radius 2 is 1.71 bits per heavy atom. The van der Waals surface area contributed by atoms with Crippen LogP contribution in [0.1, 0.15) is 21.5 Å². The molecule has 0 atom stereocenters. The number of carbonyl (C=O) groups excluding carboxylic acids is 1. The zero-order valence-electron chi connectivity index (χ0n) is 18.1. The van der Waals surface area contributed by atoms with E-state index in [4.69, 9.17) is 9.47 Å². The summed E-state index contributed by atoms with van der Waals surface area (Å²) in [5, 5.41) is 3.86. The van der Waals surface area contributed by atoms with Gasteiger partial charge in [-0.25, -0.2) is 9.78 Å². The molecule has 0 saturated carbocycles. The van der Waals surface area contributed by atoms with Crippen molar-refractivity contribution >= 4 is 29.5 Å². The van der Waals surface area contributed by atoms with Crippen LogP contribution in [-0.4, -0.2) is 44.3 Å². The third-order valence-corrected chi connectivity index (χ3v) is 5.54. The van der Waals surface area contributed by atoms with E-state index in [0.717, 1.165) is 16.9 Å². The molecule has 8 heteroatoms. The molecule has 1 N–H and O–H groups in total. The first-order chi connectivity index (χ1) is 15.0. The SMILES string of the molecule is COC(=O)c1c(NCc2ccc(OC)cc2)nc(N(C)C)nc1SCc1ccccc1. The highest BCUT2D eigenvalue weighted by atomic mass is 32.2. The molecule has 162 valence electrons. The molecule has 0 radical (unpaired) electrons. The van der Waals surface area contributed by atoms with Crippen LogP contribution in [-0.2, 0) is 17.0 Å². The third-order valence-electron chi connectivity index (χ3n) is 4.49. The Labute approximate surface area is 186 Å². The van der Waals surface area contributed by atoms with E-state index in [2.05, 4.69) is 15.3 Å². The summed E-state index contributed by atoms with van der Waals surface area (Å²) in [5.41, 5.74) is 2.50. The van der Waals surface area contributed by atoms with E-state index in [1.807, 2.05) is 73.6 Å². The molecule has 0 spiro atoms. The van der Waals surface area contributed by atoms with E-state index >= 15 is 0 Å². The first kappa shape index (κ1) is 22.4. The minimum Gasteiger partial charge on any atom is -0.497 e. The van der Waals surface area contributed by atoms with Crippen molar-refractivity contribution in [3.05, 3.63) is 71.3 Å². The molecule has 0 aliphatic heterocycles. The van der Waals surface area contributed by atoms with E-state index in [9.17, 15) is 4.79 Å². The predicted octanol–water partition coefficient (Wildman–Crippen LogP) is 4.24. The van der Waals surface area contributed by atoms with Crippen molar-refractivity contribution in [1.82, 2.24) is 9.97 Å². The van der Waals surface area contributed by atoms with Crippen molar-refractivity contribution in [2.75, 3.05) is 38.5 Å². The number of nitrogens with zero attached hydrogens (tertiary/aromatic N) is 3. The van der Waals surface area contributed by atoms with Gasteiger partial charge < -0.3 is 19.7 Å². The van der Waals surface area contributed by atoms with Gasteiger partial charge in [0.25, 0.3) is 0 Å². The minimum atomic E-state index is -0.474. The van der Waals surface area contributed by atoms with Gasteiger partial charge in [0.15, 0.2) is 0 Å². The van der Waals surface area contributed by atoms with Gasteiger partial charge in [0, 0.05) is 26.4 Å². The molecule has 0 unspecified atom stereocenters. The number of carbonyl (C=O) groups is 1. The Bertz CT molecular complexity index is 1010. The van der Waals surface area contributed by atoms with E-state index in [1.165, 1.54) is 18.9 Å². The largest absolute Gasteiger partial charge is 0.497 e. The fraction of sp³-hybridized carbons (Fsp3) is 0.261. The molecular formula is C23H26N4O3S. The molecular weight excluding hydrogens is 412 g/mol. The van der Waals surface area contributed by atoms with Crippen molar-refractivity contribution in [2.24, 2.45) is 0 Å². The van der Waals surface area contributed by atoms with Crippen LogP contribution in [0.3, 0.4) is 0 Å². The van der Waals surface area contributed by atoms with Crippen LogP contribution in [0.25, 0.3) is 0 Å².